The Hall–Kier alpha value is -2.46. The number of rotatable bonds is 6. The van der Waals surface area contributed by atoms with Crippen LogP contribution in [0, 0.1) is 0 Å². The van der Waals surface area contributed by atoms with E-state index in [1.54, 1.807) is 7.05 Å². The van der Waals surface area contributed by atoms with Crippen LogP contribution in [0.1, 0.15) is 5.56 Å². The largest absolute Gasteiger partial charge is 0.461 e. The zero-order valence-electron chi connectivity index (χ0n) is 10.1. The Bertz CT molecular complexity index is 472. The molecule has 0 atom stereocenters. The molecule has 0 unspecified atom stereocenters. The lowest BCUT2D eigenvalue weighted by atomic mass is 10.2. The Balaban J connectivity index is 2.51. The fourth-order valence-corrected chi connectivity index (χ4v) is 1.24. The van der Waals surface area contributed by atoms with Crippen LogP contribution >= 0.6 is 0 Å². The quantitative estimate of drug-likeness (QED) is 0.152. The van der Waals surface area contributed by atoms with Gasteiger partial charge in [0.15, 0.2) is 6.34 Å². The van der Waals surface area contributed by atoms with Crippen LogP contribution in [0.2, 0.25) is 0 Å². The van der Waals surface area contributed by atoms with Gasteiger partial charge in [-0.15, -0.1) is 15.3 Å². The molecule has 0 spiro atoms. The van der Waals surface area contributed by atoms with Gasteiger partial charge in [-0.2, -0.15) is 20.6 Å². The van der Waals surface area contributed by atoms with Gasteiger partial charge in [0, 0.05) is 12.6 Å². The molecular weight excluding hydrogens is 264 g/mol. The van der Waals surface area contributed by atoms with Crippen LogP contribution in [0.5, 0.6) is 0 Å². The number of hydrogen-bond donors (Lipinski definition) is 2. The molecular formula is C9H12N8OSi. The first kappa shape index (κ1) is 14.6. The molecule has 0 aliphatic carbocycles. The minimum atomic E-state index is -0.278. The number of nitrogens with zero attached hydrogens (tertiary/aromatic N) is 6. The molecule has 0 heterocycles. The fraction of sp³-hybridized carbons (Fsp3) is 0.111. The molecule has 0 bridgehead atoms. The van der Waals surface area contributed by atoms with Gasteiger partial charge in [0.1, 0.15) is 0 Å². The van der Waals surface area contributed by atoms with Crippen LogP contribution < -0.4 is 11.4 Å². The summed E-state index contributed by atoms with van der Waals surface area (Å²) < 4.78 is 8.50. The molecule has 2 radical (unpaired) electrons. The molecule has 1 rings (SSSR count). The first-order valence-electron chi connectivity index (χ1n) is 5.09. The van der Waals surface area contributed by atoms with Crippen LogP contribution in [-0.2, 0) is 4.53 Å². The molecule has 10 heteroatoms. The van der Waals surface area contributed by atoms with Gasteiger partial charge in [-0.1, -0.05) is 30.3 Å². The number of azo groups is 1. The highest BCUT2D eigenvalue weighted by Crippen LogP contribution is 2.02. The number of hydrogen-bond acceptors (Lipinski definition) is 7. The van der Waals surface area contributed by atoms with Crippen molar-refractivity contribution in [3.8, 4) is 0 Å². The van der Waals surface area contributed by atoms with Gasteiger partial charge in [-0.25, -0.2) is 0 Å². The molecule has 0 saturated heterocycles. The summed E-state index contributed by atoms with van der Waals surface area (Å²) in [5, 5.41) is 18.1. The third kappa shape index (κ3) is 6.14. The number of nitrogens with two attached hydrogens (primary N) is 1. The van der Waals surface area contributed by atoms with E-state index in [1.165, 1.54) is 0 Å². The van der Waals surface area contributed by atoms with E-state index in [2.05, 4.69) is 35.9 Å². The van der Waals surface area contributed by atoms with Crippen molar-refractivity contribution in [2.75, 3.05) is 7.05 Å². The van der Waals surface area contributed by atoms with E-state index in [9.17, 15) is 0 Å². The van der Waals surface area contributed by atoms with E-state index < -0.39 is 0 Å². The first-order valence-corrected chi connectivity index (χ1v) is 5.94. The van der Waals surface area contributed by atoms with Crippen molar-refractivity contribution in [1.29, 1.82) is 0 Å². The molecule has 3 N–H and O–H groups in total. The third-order valence-corrected chi connectivity index (χ3v) is 2.07. The third-order valence-electron chi connectivity index (χ3n) is 1.69. The molecule has 19 heavy (non-hydrogen) atoms. The van der Waals surface area contributed by atoms with Gasteiger partial charge in [0.05, 0.1) is 0 Å². The van der Waals surface area contributed by atoms with Crippen molar-refractivity contribution in [3.05, 3.63) is 35.9 Å². The SMILES string of the molecule is CN=NC(=NNO[Si]N=NC=NN)c1ccccc1. The van der Waals surface area contributed by atoms with E-state index in [-0.39, 0.29) is 9.92 Å². The Morgan fingerprint density at radius 3 is 2.84 bits per heavy atom. The molecule has 0 aromatic heterocycles. The average Bonchev–Trinajstić information content (AvgIpc) is 2.46. The van der Waals surface area contributed by atoms with Gasteiger partial charge in [-0.3, -0.25) is 4.53 Å². The second kappa shape index (κ2) is 9.56. The lowest BCUT2D eigenvalue weighted by molar-refractivity contribution is 0.212. The van der Waals surface area contributed by atoms with E-state index in [0.717, 1.165) is 11.9 Å². The molecule has 0 aliphatic heterocycles. The lowest BCUT2D eigenvalue weighted by Gasteiger charge is -2.00. The van der Waals surface area contributed by atoms with Crippen molar-refractivity contribution in [1.82, 2.24) is 5.59 Å². The monoisotopic (exact) mass is 276 g/mol. The molecule has 0 aliphatic rings. The molecule has 1 aromatic rings. The number of amidine groups is 1. The highest BCUT2D eigenvalue weighted by Gasteiger charge is 2.00. The van der Waals surface area contributed by atoms with Crippen molar-refractivity contribution in [3.63, 3.8) is 0 Å². The number of nitrogens with one attached hydrogen (secondary N) is 1. The van der Waals surface area contributed by atoms with E-state index in [4.69, 9.17) is 10.4 Å². The van der Waals surface area contributed by atoms with Crippen molar-refractivity contribution < 1.29 is 4.53 Å². The highest BCUT2D eigenvalue weighted by molar-refractivity contribution is 6.24. The molecule has 0 saturated carbocycles. The Kier molecular flexibility index (Phi) is 7.34. The van der Waals surface area contributed by atoms with Crippen molar-refractivity contribution in [2.45, 2.75) is 0 Å². The first-order chi connectivity index (χ1) is 9.38. The summed E-state index contributed by atoms with van der Waals surface area (Å²) in [6, 6.07) is 9.36. The summed E-state index contributed by atoms with van der Waals surface area (Å²) in [5.74, 6) is 5.22. The van der Waals surface area contributed by atoms with Crippen molar-refractivity contribution >= 4 is 22.1 Å². The van der Waals surface area contributed by atoms with Crippen LogP contribution in [0.3, 0.4) is 0 Å². The summed E-state index contributed by atoms with van der Waals surface area (Å²) in [6.07, 6.45) is 1.10. The van der Waals surface area contributed by atoms with Crippen molar-refractivity contribution in [2.24, 2.45) is 36.2 Å². The number of benzene rings is 1. The van der Waals surface area contributed by atoms with Crippen LogP contribution in [0.25, 0.3) is 0 Å². The zero-order chi connectivity index (χ0) is 13.8. The minimum Gasteiger partial charge on any atom is -0.322 e. The smallest absolute Gasteiger partial charge is 0.322 e. The second-order valence-electron chi connectivity index (χ2n) is 2.87. The van der Waals surface area contributed by atoms with E-state index >= 15 is 0 Å². The van der Waals surface area contributed by atoms with Gasteiger partial charge in [0.2, 0.25) is 5.84 Å². The topological polar surface area (TPSA) is 121 Å². The molecule has 1 aromatic carbocycles. The maximum Gasteiger partial charge on any atom is 0.461 e. The molecule has 0 fully saturated rings. The van der Waals surface area contributed by atoms with Gasteiger partial charge >= 0.3 is 9.92 Å². The van der Waals surface area contributed by atoms with Crippen LogP contribution in [0.15, 0.2) is 60.7 Å². The Labute approximate surface area is 112 Å². The minimum absolute atomic E-state index is 0.278. The predicted molar refractivity (Wildman–Crippen MR) is 71.3 cm³/mol. The summed E-state index contributed by atoms with van der Waals surface area (Å²) in [7, 11) is 1.28. The summed E-state index contributed by atoms with van der Waals surface area (Å²) in [6.45, 7) is 0. The summed E-state index contributed by atoms with van der Waals surface area (Å²) >= 11 is 0. The van der Waals surface area contributed by atoms with Gasteiger partial charge in [0.25, 0.3) is 0 Å². The fourth-order valence-electron chi connectivity index (χ4n) is 1.01. The normalized spacial score (nSPS) is 12.8. The Morgan fingerprint density at radius 2 is 2.16 bits per heavy atom. The van der Waals surface area contributed by atoms with Gasteiger partial charge < -0.3 is 5.84 Å². The summed E-state index contributed by atoms with van der Waals surface area (Å²) in [4.78, 5) is 0. The van der Waals surface area contributed by atoms with Crippen LogP contribution in [-0.4, -0.2) is 29.1 Å². The maximum absolute atomic E-state index is 4.90. The number of hydrazone groups is 2. The maximum atomic E-state index is 4.90. The molecule has 9 nitrogen and oxygen atoms in total. The molecule has 0 amide bonds. The van der Waals surface area contributed by atoms with Crippen LogP contribution in [0.4, 0.5) is 0 Å². The van der Waals surface area contributed by atoms with E-state index in [0.29, 0.717) is 5.84 Å². The van der Waals surface area contributed by atoms with Gasteiger partial charge in [-0.05, 0) is 0 Å². The molecule has 98 valence electrons. The average molecular weight is 276 g/mol. The second-order valence-corrected chi connectivity index (χ2v) is 3.45. The zero-order valence-corrected chi connectivity index (χ0v) is 11.1. The highest BCUT2D eigenvalue weighted by atomic mass is 28.2. The Morgan fingerprint density at radius 1 is 1.37 bits per heavy atom. The lowest BCUT2D eigenvalue weighted by Crippen LogP contribution is -2.13. The van der Waals surface area contributed by atoms with E-state index in [1.807, 2.05) is 30.3 Å². The standard InChI is InChI=1S/C9H12N8OSi/c1-11-14-9(8-5-3-2-4-6-8)15-16-18-19-17-13-7-12-10/h2-7,16H,10H2,1H3. The predicted octanol–water partition coefficient (Wildman–Crippen LogP) is 0.840. The summed E-state index contributed by atoms with van der Waals surface area (Å²) in [5.41, 5.74) is 3.17.